The Morgan fingerprint density at radius 3 is 2.65 bits per heavy atom. The fourth-order valence-electron chi connectivity index (χ4n) is 3.19. The first-order valence-corrected chi connectivity index (χ1v) is 8.38. The van der Waals surface area contributed by atoms with Crippen LogP contribution in [0.15, 0.2) is 53.0 Å². The van der Waals surface area contributed by atoms with Gasteiger partial charge in [0.2, 0.25) is 0 Å². The monoisotopic (exact) mass is 376 g/mol. The summed E-state index contributed by atoms with van der Waals surface area (Å²) in [5.41, 5.74) is 7.46. The summed E-state index contributed by atoms with van der Waals surface area (Å²) in [6.45, 7) is 1.72. The molecule has 1 amide bonds. The molecule has 120 valence electrons. The Labute approximate surface area is 143 Å². The van der Waals surface area contributed by atoms with Crippen LogP contribution < -0.4 is 5.73 Å². The fraction of sp³-hybridized carbons (Fsp3) is 0.278. The van der Waals surface area contributed by atoms with E-state index >= 15 is 0 Å². The van der Waals surface area contributed by atoms with Crippen LogP contribution in [0, 0.1) is 11.7 Å². The van der Waals surface area contributed by atoms with Crippen molar-refractivity contribution in [3.8, 4) is 0 Å². The molecular formula is C18H18BrFN2O. The van der Waals surface area contributed by atoms with Crippen molar-refractivity contribution < 1.29 is 9.18 Å². The Bertz CT molecular complexity index is 707. The van der Waals surface area contributed by atoms with E-state index in [1.807, 2.05) is 18.2 Å². The highest BCUT2D eigenvalue weighted by Gasteiger charge is 2.36. The van der Waals surface area contributed by atoms with Crippen LogP contribution in [0.5, 0.6) is 0 Å². The molecule has 1 heterocycles. The average molecular weight is 377 g/mol. The maximum atomic E-state index is 13.5. The summed E-state index contributed by atoms with van der Waals surface area (Å²) in [4.78, 5) is 14.5. The van der Waals surface area contributed by atoms with Crippen LogP contribution in [-0.4, -0.2) is 30.4 Å². The Morgan fingerprint density at radius 2 is 1.96 bits per heavy atom. The van der Waals surface area contributed by atoms with Gasteiger partial charge in [-0.05, 0) is 52.2 Å². The number of carbonyl (C=O) groups excluding carboxylic acids is 1. The average Bonchev–Trinajstić information content (AvgIpc) is 3.01. The van der Waals surface area contributed by atoms with Gasteiger partial charge in [0.15, 0.2) is 0 Å². The number of benzene rings is 2. The van der Waals surface area contributed by atoms with E-state index in [0.29, 0.717) is 29.7 Å². The minimum absolute atomic E-state index is 0.159. The van der Waals surface area contributed by atoms with Crippen LogP contribution in [-0.2, 0) is 0 Å². The van der Waals surface area contributed by atoms with Crippen LogP contribution in [0.25, 0.3) is 0 Å². The van der Waals surface area contributed by atoms with Gasteiger partial charge in [-0.3, -0.25) is 4.79 Å². The largest absolute Gasteiger partial charge is 0.338 e. The highest BCUT2D eigenvalue weighted by atomic mass is 79.9. The van der Waals surface area contributed by atoms with Crippen molar-refractivity contribution in [1.82, 2.24) is 4.90 Å². The number of nitrogens with zero attached hydrogens (tertiary/aromatic N) is 1. The molecule has 0 aliphatic carbocycles. The van der Waals surface area contributed by atoms with E-state index in [1.165, 1.54) is 17.7 Å². The molecule has 0 saturated carbocycles. The van der Waals surface area contributed by atoms with Crippen LogP contribution in [0.1, 0.15) is 21.8 Å². The third-order valence-electron chi connectivity index (χ3n) is 4.42. The van der Waals surface area contributed by atoms with Crippen LogP contribution >= 0.6 is 15.9 Å². The second-order valence-electron chi connectivity index (χ2n) is 5.85. The molecule has 23 heavy (non-hydrogen) atoms. The normalized spacial score (nSPS) is 20.7. The van der Waals surface area contributed by atoms with Crippen LogP contribution in [0.2, 0.25) is 0 Å². The van der Waals surface area contributed by atoms with Crippen molar-refractivity contribution >= 4 is 21.8 Å². The van der Waals surface area contributed by atoms with Crippen molar-refractivity contribution in [2.75, 3.05) is 19.6 Å². The predicted molar refractivity (Wildman–Crippen MR) is 91.7 cm³/mol. The zero-order chi connectivity index (χ0) is 16.4. The van der Waals surface area contributed by atoms with E-state index in [-0.39, 0.29) is 17.7 Å². The van der Waals surface area contributed by atoms with Gasteiger partial charge < -0.3 is 10.6 Å². The SMILES string of the molecule is NC[C@@H]1CN(C(=O)c2cc(F)ccc2Br)C[C@H]1c1ccccc1. The third-order valence-corrected chi connectivity index (χ3v) is 5.11. The standard InChI is InChI=1S/C18H18BrFN2O/c19-17-7-6-14(20)8-15(17)18(23)22-10-13(9-21)16(11-22)12-4-2-1-3-5-12/h1-8,13,16H,9-11,21H2/t13-,16+/m1/s1. The van der Waals surface area contributed by atoms with Gasteiger partial charge in [0.05, 0.1) is 5.56 Å². The van der Waals surface area contributed by atoms with Gasteiger partial charge in [-0.15, -0.1) is 0 Å². The second-order valence-corrected chi connectivity index (χ2v) is 6.70. The topological polar surface area (TPSA) is 46.3 Å². The summed E-state index contributed by atoms with van der Waals surface area (Å²) in [7, 11) is 0. The van der Waals surface area contributed by atoms with Crippen molar-refractivity contribution in [3.63, 3.8) is 0 Å². The molecule has 1 aliphatic heterocycles. The Balaban J connectivity index is 1.84. The smallest absolute Gasteiger partial charge is 0.255 e. The molecule has 3 rings (SSSR count). The number of rotatable bonds is 3. The van der Waals surface area contributed by atoms with Crippen molar-refractivity contribution in [2.24, 2.45) is 11.7 Å². The lowest BCUT2D eigenvalue weighted by atomic mass is 9.89. The van der Waals surface area contributed by atoms with Gasteiger partial charge in [-0.2, -0.15) is 0 Å². The Morgan fingerprint density at radius 1 is 1.22 bits per heavy atom. The fourth-order valence-corrected chi connectivity index (χ4v) is 3.60. The number of nitrogens with two attached hydrogens (primary N) is 1. The number of hydrogen-bond donors (Lipinski definition) is 1. The van der Waals surface area contributed by atoms with Gasteiger partial charge in [0, 0.05) is 23.5 Å². The second kappa shape index (κ2) is 6.81. The zero-order valence-corrected chi connectivity index (χ0v) is 14.2. The van der Waals surface area contributed by atoms with Gasteiger partial charge in [-0.1, -0.05) is 30.3 Å². The van der Waals surface area contributed by atoms with E-state index in [2.05, 4.69) is 28.1 Å². The highest BCUT2D eigenvalue weighted by molar-refractivity contribution is 9.10. The van der Waals surface area contributed by atoms with Gasteiger partial charge in [-0.25, -0.2) is 4.39 Å². The van der Waals surface area contributed by atoms with Crippen molar-refractivity contribution in [3.05, 3.63) is 69.9 Å². The van der Waals surface area contributed by atoms with E-state index in [1.54, 1.807) is 11.0 Å². The van der Waals surface area contributed by atoms with Gasteiger partial charge in [0.25, 0.3) is 5.91 Å². The summed E-state index contributed by atoms with van der Waals surface area (Å²) in [6, 6.07) is 14.3. The summed E-state index contributed by atoms with van der Waals surface area (Å²) in [5.74, 6) is -0.134. The van der Waals surface area contributed by atoms with E-state index in [0.717, 1.165) is 0 Å². The summed E-state index contributed by atoms with van der Waals surface area (Å²) >= 11 is 3.33. The molecule has 2 aromatic carbocycles. The first-order chi connectivity index (χ1) is 11.1. The zero-order valence-electron chi connectivity index (χ0n) is 12.6. The van der Waals surface area contributed by atoms with Gasteiger partial charge >= 0.3 is 0 Å². The molecule has 2 aromatic rings. The first-order valence-electron chi connectivity index (χ1n) is 7.59. The highest BCUT2D eigenvalue weighted by Crippen LogP contribution is 2.33. The van der Waals surface area contributed by atoms with Crippen LogP contribution in [0.3, 0.4) is 0 Å². The maximum Gasteiger partial charge on any atom is 0.255 e. The molecule has 3 nitrogen and oxygen atoms in total. The minimum Gasteiger partial charge on any atom is -0.338 e. The molecule has 2 N–H and O–H groups in total. The van der Waals surface area contributed by atoms with E-state index in [4.69, 9.17) is 5.73 Å². The number of carbonyl (C=O) groups is 1. The molecule has 2 atom stereocenters. The lowest BCUT2D eigenvalue weighted by Gasteiger charge is -2.17. The number of halogens is 2. The first kappa shape index (κ1) is 16.1. The molecule has 1 aliphatic rings. The van der Waals surface area contributed by atoms with Crippen molar-refractivity contribution in [2.45, 2.75) is 5.92 Å². The van der Waals surface area contributed by atoms with Crippen LogP contribution in [0.4, 0.5) is 4.39 Å². The molecule has 1 fully saturated rings. The Hall–Kier alpha value is -1.72. The summed E-state index contributed by atoms with van der Waals surface area (Å²) in [5, 5.41) is 0. The molecule has 0 unspecified atom stereocenters. The molecular weight excluding hydrogens is 359 g/mol. The third kappa shape index (κ3) is 3.31. The summed E-state index contributed by atoms with van der Waals surface area (Å²) < 4.78 is 14.1. The Kier molecular flexibility index (Phi) is 4.78. The molecule has 0 spiro atoms. The quantitative estimate of drug-likeness (QED) is 0.891. The molecule has 0 bridgehead atoms. The van der Waals surface area contributed by atoms with E-state index < -0.39 is 5.82 Å². The predicted octanol–water partition coefficient (Wildman–Crippen LogP) is 3.40. The lowest BCUT2D eigenvalue weighted by molar-refractivity contribution is 0.0785. The molecule has 0 aromatic heterocycles. The number of hydrogen-bond acceptors (Lipinski definition) is 2. The van der Waals surface area contributed by atoms with Gasteiger partial charge in [0.1, 0.15) is 5.82 Å². The molecule has 0 radical (unpaired) electrons. The lowest BCUT2D eigenvalue weighted by Crippen LogP contribution is -2.30. The molecule has 5 heteroatoms. The summed E-state index contributed by atoms with van der Waals surface area (Å²) in [6.07, 6.45) is 0. The minimum atomic E-state index is -0.411. The maximum absolute atomic E-state index is 13.5. The van der Waals surface area contributed by atoms with Crippen molar-refractivity contribution in [1.29, 1.82) is 0 Å². The number of amides is 1. The number of likely N-dealkylation sites (tertiary alicyclic amines) is 1. The van der Waals surface area contributed by atoms with E-state index in [9.17, 15) is 9.18 Å². The molecule has 1 saturated heterocycles.